The van der Waals surface area contributed by atoms with Gasteiger partial charge in [0, 0.05) is 13.1 Å². The molecule has 0 aromatic rings. The highest BCUT2D eigenvalue weighted by Gasteiger charge is 2.35. The lowest BCUT2D eigenvalue weighted by Gasteiger charge is -2.28. The van der Waals surface area contributed by atoms with E-state index in [1.807, 2.05) is 11.8 Å². The van der Waals surface area contributed by atoms with Crippen molar-refractivity contribution in [3.05, 3.63) is 0 Å². The molecule has 0 aromatic carbocycles. The normalized spacial score (nSPS) is 31.3. The lowest BCUT2D eigenvalue weighted by atomic mass is 10.1. The molecule has 2 heterocycles. The van der Waals surface area contributed by atoms with Crippen LogP contribution in [0.25, 0.3) is 0 Å². The molecule has 3 unspecified atom stereocenters. The summed E-state index contributed by atoms with van der Waals surface area (Å²) in [7, 11) is 0. The Morgan fingerprint density at radius 1 is 1.33 bits per heavy atom. The van der Waals surface area contributed by atoms with Crippen LogP contribution in [-0.4, -0.2) is 54.1 Å². The van der Waals surface area contributed by atoms with Crippen molar-refractivity contribution in [1.82, 2.24) is 15.1 Å². The van der Waals surface area contributed by atoms with Crippen molar-refractivity contribution in [2.24, 2.45) is 5.92 Å². The maximum atomic E-state index is 12.1. The van der Waals surface area contributed by atoms with Crippen LogP contribution in [0.5, 0.6) is 0 Å². The van der Waals surface area contributed by atoms with Crippen LogP contribution in [0.1, 0.15) is 40.0 Å². The van der Waals surface area contributed by atoms with Gasteiger partial charge in [0.15, 0.2) is 0 Å². The molecular weight excluding hydrogens is 226 g/mol. The summed E-state index contributed by atoms with van der Waals surface area (Å²) in [6.45, 7) is 10.9. The highest BCUT2D eigenvalue weighted by atomic mass is 16.2. The molecule has 2 saturated heterocycles. The van der Waals surface area contributed by atoms with Crippen molar-refractivity contribution in [3.63, 3.8) is 0 Å². The number of nitrogens with one attached hydrogen (secondary N) is 1. The second-order valence-corrected chi connectivity index (χ2v) is 5.92. The van der Waals surface area contributed by atoms with Crippen molar-refractivity contribution in [3.8, 4) is 0 Å². The first-order valence-corrected chi connectivity index (χ1v) is 7.40. The molecule has 1 amide bonds. The van der Waals surface area contributed by atoms with Gasteiger partial charge >= 0.3 is 0 Å². The molecule has 2 fully saturated rings. The maximum Gasteiger partial charge on any atom is 0.240 e. The van der Waals surface area contributed by atoms with Crippen LogP contribution in [0.2, 0.25) is 0 Å². The van der Waals surface area contributed by atoms with E-state index in [0.29, 0.717) is 5.92 Å². The van der Waals surface area contributed by atoms with Crippen molar-refractivity contribution < 1.29 is 4.79 Å². The minimum atomic E-state index is -0.00561. The molecule has 0 spiro atoms. The van der Waals surface area contributed by atoms with Crippen molar-refractivity contribution >= 4 is 5.91 Å². The van der Waals surface area contributed by atoms with Crippen LogP contribution in [0, 0.1) is 5.92 Å². The fraction of sp³-hybridized carbons (Fsp3) is 0.929. The summed E-state index contributed by atoms with van der Waals surface area (Å²) >= 11 is 0. The SMILES string of the molecule is CCC1NC(C)C(=O)N1CC(C)CN1CCCC1. The summed E-state index contributed by atoms with van der Waals surface area (Å²) in [6.07, 6.45) is 3.91. The number of nitrogens with zero attached hydrogens (tertiary/aromatic N) is 2. The zero-order valence-corrected chi connectivity index (χ0v) is 12.0. The van der Waals surface area contributed by atoms with Gasteiger partial charge in [-0.05, 0) is 45.2 Å². The molecule has 1 N–H and O–H groups in total. The Bertz CT molecular complexity index is 289. The Hall–Kier alpha value is -0.610. The molecule has 4 heteroatoms. The first kappa shape index (κ1) is 13.8. The Balaban J connectivity index is 1.84. The Labute approximate surface area is 111 Å². The highest BCUT2D eigenvalue weighted by molar-refractivity contribution is 5.83. The minimum Gasteiger partial charge on any atom is -0.326 e. The van der Waals surface area contributed by atoms with Gasteiger partial charge in [0.25, 0.3) is 0 Å². The first-order chi connectivity index (χ1) is 8.61. The Morgan fingerprint density at radius 3 is 2.61 bits per heavy atom. The van der Waals surface area contributed by atoms with Gasteiger partial charge in [-0.25, -0.2) is 0 Å². The van der Waals surface area contributed by atoms with Crippen LogP contribution >= 0.6 is 0 Å². The van der Waals surface area contributed by atoms with Crippen LogP contribution in [0.3, 0.4) is 0 Å². The molecule has 2 aliphatic heterocycles. The number of carbonyl (C=O) groups is 1. The third kappa shape index (κ3) is 3.04. The zero-order valence-electron chi connectivity index (χ0n) is 12.0. The number of amides is 1. The van der Waals surface area contributed by atoms with E-state index >= 15 is 0 Å². The van der Waals surface area contributed by atoms with Crippen LogP contribution < -0.4 is 5.32 Å². The summed E-state index contributed by atoms with van der Waals surface area (Å²) < 4.78 is 0. The fourth-order valence-electron chi connectivity index (χ4n) is 3.21. The van der Waals surface area contributed by atoms with Crippen LogP contribution in [0.4, 0.5) is 0 Å². The molecule has 0 bridgehead atoms. The van der Waals surface area contributed by atoms with Crippen LogP contribution in [-0.2, 0) is 4.79 Å². The van der Waals surface area contributed by atoms with Gasteiger partial charge in [-0.3, -0.25) is 10.1 Å². The lowest BCUT2D eigenvalue weighted by molar-refractivity contribution is -0.130. The third-order valence-electron chi connectivity index (χ3n) is 4.14. The van der Waals surface area contributed by atoms with E-state index in [1.165, 1.54) is 25.9 Å². The molecule has 4 nitrogen and oxygen atoms in total. The predicted octanol–water partition coefficient (Wildman–Crippen LogP) is 1.27. The standard InChI is InChI=1S/C14H27N3O/c1-4-13-15-12(3)14(18)17(13)10-11(2)9-16-7-5-6-8-16/h11-13,15H,4-10H2,1-3H3. The molecule has 104 valence electrons. The molecule has 18 heavy (non-hydrogen) atoms. The largest absolute Gasteiger partial charge is 0.326 e. The molecule has 2 rings (SSSR count). The molecule has 0 aliphatic carbocycles. The topological polar surface area (TPSA) is 35.6 Å². The predicted molar refractivity (Wildman–Crippen MR) is 73.2 cm³/mol. The van der Waals surface area contributed by atoms with Crippen molar-refractivity contribution in [2.75, 3.05) is 26.2 Å². The summed E-state index contributed by atoms with van der Waals surface area (Å²) in [5, 5.41) is 3.37. The number of carbonyl (C=O) groups excluding carboxylic acids is 1. The quantitative estimate of drug-likeness (QED) is 0.801. The number of likely N-dealkylation sites (tertiary alicyclic amines) is 1. The zero-order chi connectivity index (χ0) is 13.1. The smallest absolute Gasteiger partial charge is 0.240 e. The van der Waals surface area contributed by atoms with Gasteiger partial charge < -0.3 is 9.80 Å². The highest BCUT2D eigenvalue weighted by Crippen LogP contribution is 2.17. The summed E-state index contributed by atoms with van der Waals surface area (Å²) in [4.78, 5) is 16.7. The second kappa shape index (κ2) is 6.02. The van der Waals surface area contributed by atoms with E-state index in [9.17, 15) is 4.79 Å². The van der Waals surface area contributed by atoms with E-state index in [-0.39, 0.29) is 18.1 Å². The fourth-order valence-corrected chi connectivity index (χ4v) is 3.21. The van der Waals surface area contributed by atoms with Gasteiger partial charge in [0.05, 0.1) is 12.2 Å². The van der Waals surface area contributed by atoms with Gasteiger partial charge in [-0.1, -0.05) is 13.8 Å². The molecular formula is C14H27N3O. The van der Waals surface area contributed by atoms with Gasteiger partial charge in [0.1, 0.15) is 0 Å². The van der Waals surface area contributed by atoms with Gasteiger partial charge in [-0.15, -0.1) is 0 Å². The number of hydrogen-bond acceptors (Lipinski definition) is 3. The number of hydrogen-bond donors (Lipinski definition) is 1. The van der Waals surface area contributed by atoms with Gasteiger partial charge in [-0.2, -0.15) is 0 Å². The van der Waals surface area contributed by atoms with E-state index in [4.69, 9.17) is 0 Å². The average molecular weight is 253 g/mol. The summed E-state index contributed by atoms with van der Waals surface area (Å²) in [5.41, 5.74) is 0. The second-order valence-electron chi connectivity index (χ2n) is 5.92. The molecule has 0 aromatic heterocycles. The number of rotatable bonds is 5. The third-order valence-corrected chi connectivity index (χ3v) is 4.14. The van der Waals surface area contributed by atoms with E-state index in [2.05, 4.69) is 24.1 Å². The van der Waals surface area contributed by atoms with E-state index < -0.39 is 0 Å². The van der Waals surface area contributed by atoms with Crippen LogP contribution in [0.15, 0.2) is 0 Å². The monoisotopic (exact) mass is 253 g/mol. The molecule has 2 aliphatic rings. The Morgan fingerprint density at radius 2 is 2.00 bits per heavy atom. The minimum absolute atomic E-state index is 0.00561. The van der Waals surface area contributed by atoms with Crippen molar-refractivity contribution in [2.45, 2.75) is 52.2 Å². The van der Waals surface area contributed by atoms with E-state index in [0.717, 1.165) is 19.5 Å². The molecule has 0 radical (unpaired) electrons. The van der Waals surface area contributed by atoms with E-state index in [1.54, 1.807) is 0 Å². The summed E-state index contributed by atoms with van der Waals surface area (Å²) in [6, 6.07) is -0.00561. The maximum absolute atomic E-state index is 12.1. The molecule has 3 atom stereocenters. The van der Waals surface area contributed by atoms with Crippen molar-refractivity contribution in [1.29, 1.82) is 0 Å². The first-order valence-electron chi connectivity index (χ1n) is 7.40. The van der Waals surface area contributed by atoms with Gasteiger partial charge in [0.2, 0.25) is 5.91 Å². The molecule has 0 saturated carbocycles. The average Bonchev–Trinajstić information content (AvgIpc) is 2.92. The Kier molecular flexibility index (Phi) is 4.62. The lowest BCUT2D eigenvalue weighted by Crippen LogP contribution is -2.41. The summed E-state index contributed by atoms with van der Waals surface area (Å²) in [5.74, 6) is 0.836.